The van der Waals surface area contributed by atoms with Crippen molar-refractivity contribution in [1.82, 2.24) is 19.9 Å². The van der Waals surface area contributed by atoms with E-state index in [0.717, 1.165) is 15.7 Å². The Labute approximate surface area is 146 Å². The van der Waals surface area contributed by atoms with Gasteiger partial charge in [0.1, 0.15) is 4.88 Å². The van der Waals surface area contributed by atoms with Crippen LogP contribution in [0.3, 0.4) is 0 Å². The highest BCUT2D eigenvalue weighted by Gasteiger charge is 2.21. The second kappa shape index (κ2) is 5.89. The molecule has 0 spiro atoms. The number of fused-ring (bicyclic) bond motifs is 2. The molecule has 3 aromatic heterocycles. The Bertz CT molecular complexity index is 1060. The van der Waals surface area contributed by atoms with Gasteiger partial charge in [0.25, 0.3) is 5.91 Å². The molecule has 1 unspecified atom stereocenters. The summed E-state index contributed by atoms with van der Waals surface area (Å²) in [7, 11) is 0. The minimum absolute atomic E-state index is 0.207. The number of nitrogens with zero attached hydrogens (tertiary/aromatic N) is 3. The molecule has 0 bridgehead atoms. The van der Waals surface area contributed by atoms with Crippen molar-refractivity contribution in [3.63, 3.8) is 0 Å². The molecule has 1 aromatic carbocycles. The van der Waals surface area contributed by atoms with Gasteiger partial charge in [0.05, 0.1) is 11.1 Å². The maximum absolute atomic E-state index is 12.6. The van der Waals surface area contributed by atoms with Crippen LogP contribution in [0.1, 0.15) is 28.5 Å². The number of hydrogen-bond donors (Lipinski definition) is 1. The number of aromatic nitrogens is 3. The lowest BCUT2D eigenvalue weighted by molar-refractivity contribution is 0.0942. The Morgan fingerprint density at radius 1 is 1.21 bits per heavy atom. The van der Waals surface area contributed by atoms with E-state index >= 15 is 0 Å². The molecule has 4 aromatic rings. The second-order valence-electron chi connectivity index (χ2n) is 5.42. The molecule has 0 fully saturated rings. The number of thiophene rings is 1. The predicted molar refractivity (Wildman–Crippen MR) is 95.7 cm³/mol. The third kappa shape index (κ3) is 2.44. The quantitative estimate of drug-likeness (QED) is 0.601. The SMILES string of the molecule is CC(NC(=O)c1sc2ccccc2c1Cl)c1nnc2ccccn12. The normalized spacial score (nSPS) is 12.6. The summed E-state index contributed by atoms with van der Waals surface area (Å²) in [5.74, 6) is 0.470. The molecule has 0 saturated carbocycles. The van der Waals surface area contributed by atoms with E-state index < -0.39 is 0 Å². The van der Waals surface area contributed by atoms with Crippen molar-refractivity contribution in [3.05, 3.63) is 64.4 Å². The summed E-state index contributed by atoms with van der Waals surface area (Å²) in [5.41, 5.74) is 0.744. The molecule has 0 saturated heterocycles. The van der Waals surface area contributed by atoms with E-state index in [4.69, 9.17) is 11.6 Å². The van der Waals surface area contributed by atoms with Gasteiger partial charge in [-0.05, 0) is 25.1 Å². The lowest BCUT2D eigenvalue weighted by Crippen LogP contribution is -2.27. The van der Waals surface area contributed by atoms with E-state index in [1.807, 2.05) is 60.0 Å². The molecule has 120 valence electrons. The van der Waals surface area contributed by atoms with Crippen LogP contribution in [0, 0.1) is 0 Å². The third-order valence-corrected chi connectivity index (χ3v) is 5.49. The number of carbonyl (C=O) groups excluding carboxylic acids is 1. The zero-order chi connectivity index (χ0) is 16.7. The topological polar surface area (TPSA) is 59.3 Å². The number of nitrogens with one attached hydrogen (secondary N) is 1. The van der Waals surface area contributed by atoms with Crippen molar-refractivity contribution in [1.29, 1.82) is 0 Å². The Hall–Kier alpha value is -2.44. The molecular formula is C17H13ClN4OS. The molecule has 0 aliphatic heterocycles. The Morgan fingerprint density at radius 3 is 2.83 bits per heavy atom. The van der Waals surface area contributed by atoms with Crippen LogP contribution in [-0.2, 0) is 0 Å². The molecule has 4 rings (SSSR count). The van der Waals surface area contributed by atoms with Crippen molar-refractivity contribution in [3.8, 4) is 0 Å². The van der Waals surface area contributed by atoms with Crippen LogP contribution >= 0.6 is 22.9 Å². The maximum Gasteiger partial charge on any atom is 0.263 e. The van der Waals surface area contributed by atoms with Crippen molar-refractivity contribution >= 4 is 44.6 Å². The van der Waals surface area contributed by atoms with E-state index in [2.05, 4.69) is 15.5 Å². The highest BCUT2D eigenvalue weighted by Crippen LogP contribution is 2.35. The molecule has 0 aliphatic carbocycles. The first-order chi connectivity index (χ1) is 11.6. The van der Waals surface area contributed by atoms with Crippen molar-refractivity contribution in [2.45, 2.75) is 13.0 Å². The van der Waals surface area contributed by atoms with E-state index in [9.17, 15) is 4.79 Å². The summed E-state index contributed by atoms with van der Waals surface area (Å²) in [6.07, 6.45) is 1.87. The molecule has 7 heteroatoms. The van der Waals surface area contributed by atoms with E-state index in [0.29, 0.717) is 15.7 Å². The summed E-state index contributed by atoms with van der Waals surface area (Å²) < 4.78 is 2.85. The standard InChI is InChI=1S/C17H13ClN4OS/c1-10(16-21-20-13-8-4-5-9-22(13)16)19-17(23)15-14(18)11-6-2-3-7-12(11)24-15/h2-10H,1H3,(H,19,23). The lowest BCUT2D eigenvalue weighted by atomic mass is 10.2. The van der Waals surface area contributed by atoms with E-state index in [1.165, 1.54) is 11.3 Å². The average molecular weight is 357 g/mol. The smallest absolute Gasteiger partial charge is 0.263 e. The average Bonchev–Trinajstić information content (AvgIpc) is 3.17. The molecule has 0 radical (unpaired) electrons. The highest BCUT2D eigenvalue weighted by molar-refractivity contribution is 7.21. The predicted octanol–water partition coefficient (Wildman–Crippen LogP) is 4.09. The van der Waals surface area contributed by atoms with Crippen LogP contribution < -0.4 is 5.32 Å². The fraction of sp³-hybridized carbons (Fsp3) is 0.118. The summed E-state index contributed by atoms with van der Waals surface area (Å²) in [4.78, 5) is 13.1. The summed E-state index contributed by atoms with van der Waals surface area (Å²) in [6, 6.07) is 13.1. The number of pyridine rings is 1. The Balaban J connectivity index is 1.64. The second-order valence-corrected chi connectivity index (χ2v) is 6.85. The van der Waals surface area contributed by atoms with Gasteiger partial charge in [-0.15, -0.1) is 21.5 Å². The van der Waals surface area contributed by atoms with Gasteiger partial charge >= 0.3 is 0 Å². The minimum Gasteiger partial charge on any atom is -0.342 e. The molecule has 1 atom stereocenters. The molecule has 3 heterocycles. The van der Waals surface area contributed by atoms with Crippen LogP contribution in [0.25, 0.3) is 15.7 Å². The van der Waals surface area contributed by atoms with Gasteiger partial charge in [-0.3, -0.25) is 9.20 Å². The van der Waals surface area contributed by atoms with Crippen molar-refractivity contribution in [2.75, 3.05) is 0 Å². The van der Waals surface area contributed by atoms with Gasteiger partial charge in [0.15, 0.2) is 11.5 Å². The monoisotopic (exact) mass is 356 g/mol. The third-order valence-electron chi connectivity index (χ3n) is 3.82. The van der Waals surface area contributed by atoms with Gasteiger partial charge in [-0.25, -0.2) is 0 Å². The lowest BCUT2D eigenvalue weighted by Gasteiger charge is -2.11. The molecular weight excluding hydrogens is 344 g/mol. The van der Waals surface area contributed by atoms with Crippen LogP contribution in [0.2, 0.25) is 5.02 Å². The van der Waals surface area contributed by atoms with E-state index in [-0.39, 0.29) is 11.9 Å². The fourth-order valence-corrected chi connectivity index (χ4v) is 4.06. The van der Waals surface area contributed by atoms with Gasteiger partial charge in [0, 0.05) is 16.3 Å². The zero-order valence-electron chi connectivity index (χ0n) is 12.7. The Morgan fingerprint density at radius 2 is 2.00 bits per heavy atom. The number of halogens is 1. The van der Waals surface area contributed by atoms with Gasteiger partial charge in [-0.2, -0.15) is 0 Å². The molecule has 5 nitrogen and oxygen atoms in total. The first-order valence-electron chi connectivity index (χ1n) is 7.42. The first-order valence-corrected chi connectivity index (χ1v) is 8.62. The number of carbonyl (C=O) groups is 1. The van der Waals surface area contributed by atoms with Crippen LogP contribution in [-0.4, -0.2) is 20.5 Å². The minimum atomic E-state index is -0.295. The molecule has 1 N–H and O–H groups in total. The summed E-state index contributed by atoms with van der Waals surface area (Å²) >= 11 is 7.76. The number of rotatable bonds is 3. The number of benzene rings is 1. The highest BCUT2D eigenvalue weighted by atomic mass is 35.5. The van der Waals surface area contributed by atoms with E-state index in [1.54, 1.807) is 0 Å². The van der Waals surface area contributed by atoms with Gasteiger partial charge in [-0.1, -0.05) is 35.9 Å². The van der Waals surface area contributed by atoms with Crippen LogP contribution in [0.4, 0.5) is 0 Å². The number of amides is 1. The van der Waals surface area contributed by atoms with Crippen LogP contribution in [0.15, 0.2) is 48.7 Å². The zero-order valence-corrected chi connectivity index (χ0v) is 14.3. The van der Waals surface area contributed by atoms with Gasteiger partial charge in [0.2, 0.25) is 0 Å². The summed E-state index contributed by atoms with van der Waals surface area (Å²) in [5, 5.41) is 12.6. The summed E-state index contributed by atoms with van der Waals surface area (Å²) in [6.45, 7) is 1.88. The van der Waals surface area contributed by atoms with Crippen LogP contribution in [0.5, 0.6) is 0 Å². The largest absolute Gasteiger partial charge is 0.342 e. The number of hydrogen-bond acceptors (Lipinski definition) is 4. The molecule has 0 aliphatic rings. The van der Waals surface area contributed by atoms with Gasteiger partial charge < -0.3 is 5.32 Å². The Kier molecular flexibility index (Phi) is 3.70. The maximum atomic E-state index is 12.6. The molecule has 24 heavy (non-hydrogen) atoms. The fourth-order valence-electron chi connectivity index (χ4n) is 2.64. The van der Waals surface area contributed by atoms with Crippen molar-refractivity contribution < 1.29 is 4.79 Å². The first kappa shape index (κ1) is 15.1. The van der Waals surface area contributed by atoms with Crippen molar-refractivity contribution in [2.24, 2.45) is 0 Å². The molecule has 1 amide bonds.